The van der Waals surface area contributed by atoms with E-state index >= 15 is 0 Å². The summed E-state index contributed by atoms with van der Waals surface area (Å²) in [6.45, 7) is 0. The molecule has 0 aliphatic heterocycles. The molecule has 8 nitrogen and oxygen atoms in total. The van der Waals surface area contributed by atoms with Crippen molar-refractivity contribution in [2.75, 3.05) is 19.5 Å². The number of fused-ring (bicyclic) bond motifs is 3. The van der Waals surface area contributed by atoms with E-state index in [1.54, 1.807) is 25.6 Å². The van der Waals surface area contributed by atoms with E-state index in [0.717, 1.165) is 38.1 Å². The molecule has 2 heterocycles. The van der Waals surface area contributed by atoms with Gasteiger partial charge >= 0.3 is 0 Å². The number of hydrogen-bond donors (Lipinski definition) is 4. The molecule has 0 spiro atoms. The second kappa shape index (κ2) is 7.82. The van der Waals surface area contributed by atoms with E-state index in [9.17, 15) is 0 Å². The molecule has 29 heavy (non-hydrogen) atoms. The molecule has 0 bridgehead atoms. The lowest BCUT2D eigenvalue weighted by Gasteiger charge is -2.13. The molecule has 9 heteroatoms. The van der Waals surface area contributed by atoms with Crippen molar-refractivity contribution < 1.29 is 9.47 Å². The quantitative estimate of drug-likeness (QED) is 0.173. The van der Waals surface area contributed by atoms with Gasteiger partial charge in [-0.2, -0.15) is 5.10 Å². The molecular formula is C20H20N6O2S. The summed E-state index contributed by atoms with van der Waals surface area (Å²) in [5.74, 6) is 13.3. The molecule has 0 atom stereocenters. The maximum Gasteiger partial charge on any atom is 0.166 e. The summed E-state index contributed by atoms with van der Waals surface area (Å²) >= 11 is 1.66. The maximum absolute atomic E-state index is 5.50. The Bertz CT molecular complexity index is 1220. The zero-order chi connectivity index (χ0) is 20.4. The minimum absolute atomic E-state index is 0.384. The number of hydrazine groups is 1. The first-order valence-electron chi connectivity index (χ1n) is 8.73. The number of anilines is 2. The number of hydrogen-bond acceptors (Lipinski definition) is 8. The summed E-state index contributed by atoms with van der Waals surface area (Å²) < 4.78 is 11.8. The molecule has 0 saturated heterocycles. The third-order valence-corrected chi connectivity index (χ3v) is 5.53. The number of ether oxygens (including phenoxy) is 2. The Morgan fingerprint density at radius 3 is 2.59 bits per heavy atom. The topological polar surface area (TPSA) is 120 Å². The van der Waals surface area contributed by atoms with Gasteiger partial charge in [-0.25, -0.2) is 10.8 Å². The van der Waals surface area contributed by atoms with E-state index in [-0.39, 0.29) is 0 Å². The monoisotopic (exact) mass is 408 g/mol. The predicted molar refractivity (Wildman–Crippen MR) is 118 cm³/mol. The van der Waals surface area contributed by atoms with Crippen LogP contribution in [-0.2, 0) is 0 Å². The van der Waals surface area contributed by atoms with Gasteiger partial charge < -0.3 is 26.1 Å². The van der Waals surface area contributed by atoms with Crippen LogP contribution in [-0.4, -0.2) is 25.0 Å². The molecule has 2 aromatic heterocycles. The van der Waals surface area contributed by atoms with Gasteiger partial charge in [-0.1, -0.05) is 12.1 Å². The minimum atomic E-state index is 0.384. The van der Waals surface area contributed by atoms with Crippen LogP contribution in [0.4, 0.5) is 11.5 Å². The van der Waals surface area contributed by atoms with Crippen molar-refractivity contribution >= 4 is 49.7 Å². The molecule has 2 aromatic carbocycles. The molecule has 0 unspecified atom stereocenters. The highest BCUT2D eigenvalue weighted by molar-refractivity contribution is 7.18. The molecule has 0 aliphatic rings. The van der Waals surface area contributed by atoms with E-state index in [4.69, 9.17) is 26.1 Å². The Labute approximate surface area is 171 Å². The second-order valence-electron chi connectivity index (χ2n) is 6.17. The molecule has 148 valence electrons. The maximum atomic E-state index is 5.50. The first-order chi connectivity index (χ1) is 14.2. The lowest BCUT2D eigenvalue weighted by molar-refractivity contribution is 0.355. The average Bonchev–Trinajstić information content (AvgIpc) is 3.25. The summed E-state index contributed by atoms with van der Waals surface area (Å²) in [7, 11) is 3.22. The van der Waals surface area contributed by atoms with Gasteiger partial charge in [-0.15, -0.1) is 11.3 Å². The summed E-state index contributed by atoms with van der Waals surface area (Å²) in [6, 6.07) is 13.5. The van der Waals surface area contributed by atoms with Gasteiger partial charge in [0.05, 0.1) is 19.7 Å². The van der Waals surface area contributed by atoms with Crippen LogP contribution in [0.5, 0.6) is 11.5 Å². The fraction of sp³-hybridized carbons (Fsp3) is 0.100. The van der Waals surface area contributed by atoms with Crippen LogP contribution in [0, 0.1) is 0 Å². The number of pyridine rings is 1. The predicted octanol–water partition coefficient (Wildman–Crippen LogP) is 3.29. The van der Waals surface area contributed by atoms with E-state index in [1.165, 1.54) is 0 Å². The fourth-order valence-corrected chi connectivity index (χ4v) is 4.12. The highest BCUT2D eigenvalue weighted by Crippen LogP contribution is 2.36. The van der Waals surface area contributed by atoms with Gasteiger partial charge in [0, 0.05) is 32.8 Å². The van der Waals surface area contributed by atoms with Gasteiger partial charge in [0.1, 0.15) is 5.82 Å². The third kappa shape index (κ3) is 3.37. The lowest BCUT2D eigenvalue weighted by atomic mass is 10.1. The van der Waals surface area contributed by atoms with Crippen molar-refractivity contribution in [2.24, 2.45) is 16.8 Å². The number of aromatic nitrogens is 1. The van der Waals surface area contributed by atoms with E-state index in [0.29, 0.717) is 17.3 Å². The van der Waals surface area contributed by atoms with Crippen molar-refractivity contribution in [1.29, 1.82) is 0 Å². The zero-order valence-corrected chi connectivity index (χ0v) is 16.7. The molecule has 0 aliphatic carbocycles. The number of nitrogens with zero attached hydrogens (tertiary/aromatic N) is 2. The molecule has 0 amide bonds. The Hall–Kier alpha value is -3.56. The molecule has 6 N–H and O–H groups in total. The highest BCUT2D eigenvalue weighted by atomic mass is 32.1. The first-order valence-corrected chi connectivity index (χ1v) is 9.61. The molecular weight excluding hydrogens is 388 g/mol. The lowest BCUT2D eigenvalue weighted by Crippen LogP contribution is -2.32. The largest absolute Gasteiger partial charge is 0.493 e. The number of amidine groups is 1. The number of benzene rings is 2. The molecule has 0 saturated carbocycles. The van der Waals surface area contributed by atoms with Crippen molar-refractivity contribution in [3.8, 4) is 11.5 Å². The van der Waals surface area contributed by atoms with Crippen molar-refractivity contribution in [3.63, 3.8) is 0 Å². The number of nitrogens with two attached hydrogens (primary N) is 2. The number of hydrazone groups is 1. The first kappa shape index (κ1) is 18.8. The number of thiophene rings is 1. The molecule has 0 radical (unpaired) electrons. The zero-order valence-electron chi connectivity index (χ0n) is 15.9. The summed E-state index contributed by atoms with van der Waals surface area (Å²) in [5.41, 5.74) is 4.90. The number of rotatable bonds is 5. The molecule has 0 fully saturated rings. The summed E-state index contributed by atoms with van der Waals surface area (Å²) in [6.07, 6.45) is 0. The minimum Gasteiger partial charge on any atom is -0.493 e. The Morgan fingerprint density at radius 2 is 1.86 bits per heavy atom. The Balaban J connectivity index is 1.83. The number of nitrogens with one attached hydrogen (secondary N) is 2. The van der Waals surface area contributed by atoms with Crippen LogP contribution in [0.25, 0.3) is 21.0 Å². The smallest absolute Gasteiger partial charge is 0.166 e. The molecule has 4 rings (SSSR count). The summed E-state index contributed by atoms with van der Waals surface area (Å²) in [4.78, 5) is 4.84. The number of methoxy groups -OCH3 is 2. The van der Waals surface area contributed by atoms with Crippen molar-refractivity contribution in [2.45, 2.75) is 0 Å². The van der Waals surface area contributed by atoms with Gasteiger partial charge in [0.25, 0.3) is 0 Å². The van der Waals surface area contributed by atoms with E-state index < -0.39 is 0 Å². The van der Waals surface area contributed by atoms with Crippen molar-refractivity contribution in [1.82, 2.24) is 10.4 Å². The Morgan fingerprint density at radius 1 is 1.03 bits per heavy atom. The Kier molecular flexibility index (Phi) is 5.07. The van der Waals surface area contributed by atoms with Gasteiger partial charge in [-0.05, 0) is 29.6 Å². The van der Waals surface area contributed by atoms with Crippen LogP contribution in [0.1, 0.15) is 5.56 Å². The summed E-state index contributed by atoms with van der Waals surface area (Å²) in [5, 5.41) is 11.2. The van der Waals surface area contributed by atoms with E-state index in [1.807, 2.05) is 41.8 Å². The fourth-order valence-electron chi connectivity index (χ4n) is 3.19. The normalized spacial score (nSPS) is 11.6. The van der Waals surface area contributed by atoms with Crippen LogP contribution in [0.2, 0.25) is 0 Å². The van der Waals surface area contributed by atoms with Crippen LogP contribution in [0.3, 0.4) is 0 Å². The SMILES string of the molecule is COc1ccc(Nc2nc3cc(/C(=N/N)NN)ccc3c3sccc23)cc1OC. The van der Waals surface area contributed by atoms with Crippen molar-refractivity contribution in [3.05, 3.63) is 53.4 Å². The van der Waals surface area contributed by atoms with Crippen LogP contribution >= 0.6 is 11.3 Å². The standard InChI is InChI=1S/C20H20N6O2S/c1-27-16-6-4-12(10-17(16)28-2)23-20-14-7-8-29-18(14)13-5-3-11(9-15(13)24-20)19(25-21)26-22/h3-10H,21-22H2,1-2H3,(H,23,24)(H,25,26). The van der Waals surface area contributed by atoms with Gasteiger partial charge in [-0.3, -0.25) is 0 Å². The van der Waals surface area contributed by atoms with E-state index in [2.05, 4.69) is 21.9 Å². The second-order valence-corrected chi connectivity index (χ2v) is 7.09. The molecule has 4 aromatic rings. The van der Waals surface area contributed by atoms with Crippen LogP contribution in [0.15, 0.2) is 52.9 Å². The highest BCUT2D eigenvalue weighted by Gasteiger charge is 2.13. The average molecular weight is 408 g/mol. The third-order valence-electron chi connectivity index (χ3n) is 4.58. The van der Waals surface area contributed by atoms with Gasteiger partial charge in [0.15, 0.2) is 17.3 Å². The van der Waals surface area contributed by atoms with Crippen LogP contribution < -0.4 is 31.9 Å². The van der Waals surface area contributed by atoms with Gasteiger partial charge in [0.2, 0.25) is 0 Å².